The fourth-order valence-corrected chi connectivity index (χ4v) is 2.62. The second kappa shape index (κ2) is 6.95. The normalized spacial score (nSPS) is 20.1. The SMILES string of the molecule is CCC(NCCN1CCC(C)CC1)c1ccco1. The molecule has 0 bridgehead atoms. The topological polar surface area (TPSA) is 28.4 Å². The Kier molecular flexibility index (Phi) is 5.26. The molecule has 102 valence electrons. The summed E-state index contributed by atoms with van der Waals surface area (Å²) in [6, 6.07) is 4.39. The zero-order chi connectivity index (χ0) is 12.8. The van der Waals surface area contributed by atoms with E-state index < -0.39 is 0 Å². The fourth-order valence-electron chi connectivity index (χ4n) is 2.62. The van der Waals surface area contributed by atoms with Crippen LogP contribution in [0.25, 0.3) is 0 Å². The minimum absolute atomic E-state index is 0.365. The van der Waals surface area contributed by atoms with Crippen molar-refractivity contribution in [3.8, 4) is 0 Å². The molecule has 1 aliphatic rings. The van der Waals surface area contributed by atoms with Crippen LogP contribution in [0.5, 0.6) is 0 Å². The number of rotatable bonds is 6. The van der Waals surface area contributed by atoms with Gasteiger partial charge in [-0.25, -0.2) is 0 Å². The van der Waals surface area contributed by atoms with Crippen LogP contribution in [0.3, 0.4) is 0 Å². The third kappa shape index (κ3) is 3.85. The summed E-state index contributed by atoms with van der Waals surface area (Å²) in [7, 11) is 0. The van der Waals surface area contributed by atoms with Crippen LogP contribution in [0.2, 0.25) is 0 Å². The van der Waals surface area contributed by atoms with Gasteiger partial charge in [-0.3, -0.25) is 0 Å². The second-order valence-corrected chi connectivity index (χ2v) is 5.45. The Balaban J connectivity index is 1.68. The van der Waals surface area contributed by atoms with Crippen LogP contribution in [0, 0.1) is 5.92 Å². The van der Waals surface area contributed by atoms with Gasteiger partial charge in [-0.1, -0.05) is 13.8 Å². The lowest BCUT2D eigenvalue weighted by atomic mass is 9.99. The van der Waals surface area contributed by atoms with Gasteiger partial charge in [0.15, 0.2) is 0 Å². The lowest BCUT2D eigenvalue weighted by molar-refractivity contribution is 0.190. The van der Waals surface area contributed by atoms with E-state index in [1.807, 2.05) is 6.07 Å². The fraction of sp³-hybridized carbons (Fsp3) is 0.733. The van der Waals surface area contributed by atoms with E-state index in [2.05, 4.69) is 30.1 Å². The summed E-state index contributed by atoms with van der Waals surface area (Å²) < 4.78 is 5.47. The maximum atomic E-state index is 5.47. The van der Waals surface area contributed by atoms with Crippen molar-refractivity contribution in [2.75, 3.05) is 26.2 Å². The minimum Gasteiger partial charge on any atom is -0.468 e. The summed E-state index contributed by atoms with van der Waals surface area (Å²) in [5.41, 5.74) is 0. The van der Waals surface area contributed by atoms with Gasteiger partial charge < -0.3 is 14.6 Å². The number of likely N-dealkylation sites (tertiary alicyclic amines) is 1. The molecule has 1 N–H and O–H groups in total. The van der Waals surface area contributed by atoms with Gasteiger partial charge in [0.2, 0.25) is 0 Å². The summed E-state index contributed by atoms with van der Waals surface area (Å²) in [5.74, 6) is 1.98. The first kappa shape index (κ1) is 13.6. The van der Waals surface area contributed by atoms with E-state index in [0.717, 1.165) is 31.2 Å². The monoisotopic (exact) mass is 250 g/mol. The van der Waals surface area contributed by atoms with E-state index in [-0.39, 0.29) is 0 Å². The van der Waals surface area contributed by atoms with Crippen molar-refractivity contribution < 1.29 is 4.42 Å². The van der Waals surface area contributed by atoms with Crippen LogP contribution in [0.4, 0.5) is 0 Å². The first-order valence-corrected chi connectivity index (χ1v) is 7.28. The van der Waals surface area contributed by atoms with Crippen LogP contribution in [0.1, 0.15) is 44.9 Å². The minimum atomic E-state index is 0.365. The first-order chi connectivity index (χ1) is 8.79. The predicted molar refractivity (Wildman–Crippen MR) is 74.6 cm³/mol. The molecule has 2 heterocycles. The van der Waals surface area contributed by atoms with Crippen LogP contribution in [-0.4, -0.2) is 31.1 Å². The number of piperidine rings is 1. The van der Waals surface area contributed by atoms with Crippen LogP contribution >= 0.6 is 0 Å². The molecule has 3 nitrogen and oxygen atoms in total. The number of furan rings is 1. The number of nitrogens with zero attached hydrogens (tertiary/aromatic N) is 1. The predicted octanol–water partition coefficient (Wildman–Crippen LogP) is 3.05. The Bertz CT molecular complexity index is 315. The van der Waals surface area contributed by atoms with E-state index in [1.165, 1.54) is 25.9 Å². The van der Waals surface area contributed by atoms with Crippen LogP contribution in [-0.2, 0) is 0 Å². The maximum absolute atomic E-state index is 5.47. The van der Waals surface area contributed by atoms with Gasteiger partial charge in [0.05, 0.1) is 12.3 Å². The molecular formula is C15H26N2O. The summed E-state index contributed by atoms with van der Waals surface area (Å²) in [6.45, 7) is 9.29. The summed E-state index contributed by atoms with van der Waals surface area (Å²) in [4.78, 5) is 2.57. The largest absolute Gasteiger partial charge is 0.468 e. The van der Waals surface area contributed by atoms with E-state index in [1.54, 1.807) is 6.26 Å². The molecular weight excluding hydrogens is 224 g/mol. The molecule has 0 spiro atoms. The molecule has 1 saturated heterocycles. The standard InChI is InChI=1S/C15H26N2O/c1-3-14(15-5-4-12-18-15)16-8-11-17-9-6-13(2)7-10-17/h4-5,12-14,16H,3,6-11H2,1-2H3. The second-order valence-electron chi connectivity index (χ2n) is 5.45. The molecule has 0 aliphatic carbocycles. The average molecular weight is 250 g/mol. The summed E-state index contributed by atoms with van der Waals surface area (Å²) in [6.07, 6.45) is 5.54. The Morgan fingerprint density at radius 2 is 2.22 bits per heavy atom. The van der Waals surface area contributed by atoms with Gasteiger partial charge in [0, 0.05) is 13.1 Å². The smallest absolute Gasteiger partial charge is 0.120 e. The highest BCUT2D eigenvalue weighted by Gasteiger charge is 2.16. The van der Waals surface area contributed by atoms with Crippen molar-refractivity contribution in [3.05, 3.63) is 24.2 Å². The Hall–Kier alpha value is -0.800. The van der Waals surface area contributed by atoms with Crippen molar-refractivity contribution in [2.45, 2.75) is 39.2 Å². The van der Waals surface area contributed by atoms with Gasteiger partial charge in [0.1, 0.15) is 5.76 Å². The van der Waals surface area contributed by atoms with E-state index in [9.17, 15) is 0 Å². The number of hydrogen-bond donors (Lipinski definition) is 1. The molecule has 1 aliphatic heterocycles. The Morgan fingerprint density at radius 3 is 2.83 bits per heavy atom. The molecule has 18 heavy (non-hydrogen) atoms. The quantitative estimate of drug-likeness (QED) is 0.841. The zero-order valence-electron chi connectivity index (χ0n) is 11.7. The van der Waals surface area contributed by atoms with Crippen molar-refractivity contribution in [3.63, 3.8) is 0 Å². The molecule has 0 aromatic carbocycles. The Morgan fingerprint density at radius 1 is 1.44 bits per heavy atom. The third-order valence-corrected chi connectivity index (χ3v) is 3.99. The molecule has 3 heteroatoms. The van der Waals surface area contributed by atoms with Gasteiger partial charge in [-0.15, -0.1) is 0 Å². The molecule has 1 aromatic rings. The number of nitrogens with one attached hydrogen (secondary N) is 1. The maximum Gasteiger partial charge on any atom is 0.120 e. The molecule has 0 radical (unpaired) electrons. The van der Waals surface area contributed by atoms with Crippen molar-refractivity contribution in [1.29, 1.82) is 0 Å². The third-order valence-electron chi connectivity index (χ3n) is 3.99. The molecule has 0 amide bonds. The molecule has 1 fully saturated rings. The summed E-state index contributed by atoms with van der Waals surface area (Å²) >= 11 is 0. The van der Waals surface area contributed by atoms with Gasteiger partial charge in [-0.05, 0) is 50.4 Å². The molecule has 1 aromatic heterocycles. The first-order valence-electron chi connectivity index (χ1n) is 7.28. The lowest BCUT2D eigenvalue weighted by Gasteiger charge is -2.30. The van der Waals surface area contributed by atoms with Gasteiger partial charge in [-0.2, -0.15) is 0 Å². The highest BCUT2D eigenvalue weighted by Crippen LogP contribution is 2.17. The summed E-state index contributed by atoms with van der Waals surface area (Å²) in [5, 5.41) is 3.59. The highest BCUT2D eigenvalue weighted by molar-refractivity contribution is 5.03. The van der Waals surface area contributed by atoms with E-state index in [4.69, 9.17) is 4.42 Å². The Labute approximate surface area is 111 Å². The molecule has 1 unspecified atom stereocenters. The van der Waals surface area contributed by atoms with Gasteiger partial charge in [0.25, 0.3) is 0 Å². The lowest BCUT2D eigenvalue weighted by Crippen LogP contribution is -2.38. The highest BCUT2D eigenvalue weighted by atomic mass is 16.3. The molecule has 0 saturated carbocycles. The molecule has 2 rings (SSSR count). The van der Waals surface area contributed by atoms with E-state index >= 15 is 0 Å². The van der Waals surface area contributed by atoms with Crippen LogP contribution < -0.4 is 5.32 Å². The number of hydrogen-bond acceptors (Lipinski definition) is 3. The van der Waals surface area contributed by atoms with E-state index in [0.29, 0.717) is 6.04 Å². The zero-order valence-corrected chi connectivity index (χ0v) is 11.7. The van der Waals surface area contributed by atoms with Crippen molar-refractivity contribution >= 4 is 0 Å². The van der Waals surface area contributed by atoms with Crippen molar-refractivity contribution in [2.24, 2.45) is 5.92 Å². The van der Waals surface area contributed by atoms with Crippen LogP contribution in [0.15, 0.2) is 22.8 Å². The average Bonchev–Trinajstić information content (AvgIpc) is 2.91. The molecule has 1 atom stereocenters. The van der Waals surface area contributed by atoms with Crippen molar-refractivity contribution in [1.82, 2.24) is 10.2 Å². The van der Waals surface area contributed by atoms with Gasteiger partial charge >= 0.3 is 0 Å².